The summed E-state index contributed by atoms with van der Waals surface area (Å²) in [7, 11) is 4.04. The van der Waals surface area contributed by atoms with Gasteiger partial charge in [0, 0.05) is 24.8 Å². The maximum Gasteiger partial charge on any atom is 0.352 e. The van der Waals surface area contributed by atoms with Crippen molar-refractivity contribution < 1.29 is 14.7 Å². The second-order valence-corrected chi connectivity index (χ2v) is 6.15. The molecule has 2 unspecified atom stereocenters. The first-order chi connectivity index (χ1) is 9.73. The van der Waals surface area contributed by atoms with Gasteiger partial charge in [-0.2, -0.15) is 0 Å². The molecule has 0 saturated carbocycles. The number of likely N-dealkylation sites (N-methyl/N-ethyl adjacent to an activating group) is 1. The molecule has 0 bridgehead atoms. The molecule has 2 atom stereocenters. The summed E-state index contributed by atoms with van der Waals surface area (Å²) in [5.74, 6) is -0.706. The number of hydrogen-bond donors (Lipinski definition) is 2. The molecular formula is C15H23N3O3. The van der Waals surface area contributed by atoms with Gasteiger partial charge in [-0.1, -0.05) is 6.92 Å². The van der Waals surface area contributed by atoms with Gasteiger partial charge in [0.1, 0.15) is 5.69 Å². The molecule has 1 amide bonds. The van der Waals surface area contributed by atoms with E-state index in [1.54, 1.807) is 13.8 Å². The number of carbonyl (C=O) groups is 2. The molecule has 1 aliphatic heterocycles. The van der Waals surface area contributed by atoms with Gasteiger partial charge in [0.25, 0.3) is 5.91 Å². The highest BCUT2D eigenvalue weighted by molar-refractivity contribution is 6.01. The molecule has 116 valence electrons. The minimum absolute atomic E-state index is 0.0787. The Labute approximate surface area is 124 Å². The number of nitrogens with one attached hydrogen (secondary N) is 1. The fourth-order valence-corrected chi connectivity index (χ4v) is 3.23. The normalized spacial score (nSPS) is 22.1. The van der Waals surface area contributed by atoms with E-state index in [0.717, 1.165) is 0 Å². The Bertz CT molecular complexity index is 577. The first kappa shape index (κ1) is 15.6. The summed E-state index contributed by atoms with van der Waals surface area (Å²) in [6, 6.07) is 0.340. The van der Waals surface area contributed by atoms with E-state index in [1.165, 1.54) is 0 Å². The summed E-state index contributed by atoms with van der Waals surface area (Å²) in [5, 5.41) is 9.14. The molecule has 1 aliphatic rings. The van der Waals surface area contributed by atoms with Crippen LogP contribution in [0, 0.1) is 19.8 Å². The molecule has 0 aliphatic carbocycles. The molecule has 1 aromatic rings. The van der Waals surface area contributed by atoms with Crippen molar-refractivity contribution in [3.05, 3.63) is 22.5 Å². The van der Waals surface area contributed by atoms with Crippen LogP contribution in [0.25, 0.3) is 0 Å². The van der Waals surface area contributed by atoms with Crippen LogP contribution in [0.4, 0.5) is 0 Å². The average molecular weight is 293 g/mol. The first-order valence-corrected chi connectivity index (χ1v) is 7.12. The Morgan fingerprint density at radius 2 is 1.90 bits per heavy atom. The van der Waals surface area contributed by atoms with Crippen LogP contribution in [-0.2, 0) is 0 Å². The van der Waals surface area contributed by atoms with Crippen LogP contribution in [-0.4, -0.2) is 65.0 Å². The van der Waals surface area contributed by atoms with Gasteiger partial charge in [-0.25, -0.2) is 4.79 Å². The average Bonchev–Trinajstić information content (AvgIpc) is 2.90. The smallest absolute Gasteiger partial charge is 0.352 e. The maximum absolute atomic E-state index is 12.7. The predicted octanol–water partition coefficient (Wildman–Crippen LogP) is 1.35. The van der Waals surface area contributed by atoms with Crippen molar-refractivity contribution in [1.29, 1.82) is 0 Å². The van der Waals surface area contributed by atoms with Gasteiger partial charge in [0.05, 0.1) is 5.56 Å². The first-order valence-electron chi connectivity index (χ1n) is 7.12. The monoisotopic (exact) mass is 293 g/mol. The number of aromatic amines is 1. The largest absolute Gasteiger partial charge is 0.477 e. The van der Waals surface area contributed by atoms with Gasteiger partial charge < -0.3 is 19.9 Å². The third-order valence-corrected chi connectivity index (χ3v) is 4.39. The van der Waals surface area contributed by atoms with Crippen LogP contribution >= 0.6 is 0 Å². The van der Waals surface area contributed by atoms with Crippen molar-refractivity contribution in [2.75, 3.05) is 27.2 Å². The van der Waals surface area contributed by atoms with Crippen LogP contribution in [0.2, 0.25) is 0 Å². The van der Waals surface area contributed by atoms with Crippen molar-refractivity contribution in [2.24, 2.45) is 5.92 Å². The number of rotatable bonds is 3. The summed E-state index contributed by atoms with van der Waals surface area (Å²) in [6.45, 7) is 6.95. The molecule has 2 N–H and O–H groups in total. The molecule has 0 aromatic carbocycles. The lowest BCUT2D eigenvalue weighted by Gasteiger charge is -2.22. The second-order valence-electron chi connectivity index (χ2n) is 6.15. The summed E-state index contributed by atoms with van der Waals surface area (Å²) >= 11 is 0. The zero-order valence-corrected chi connectivity index (χ0v) is 13.2. The van der Waals surface area contributed by atoms with E-state index >= 15 is 0 Å². The van der Waals surface area contributed by atoms with Crippen molar-refractivity contribution in [1.82, 2.24) is 14.8 Å². The fourth-order valence-electron chi connectivity index (χ4n) is 3.23. The van der Waals surface area contributed by atoms with Gasteiger partial charge in [-0.15, -0.1) is 0 Å². The summed E-state index contributed by atoms with van der Waals surface area (Å²) in [4.78, 5) is 30.7. The van der Waals surface area contributed by atoms with E-state index in [2.05, 4.69) is 16.8 Å². The molecule has 6 heteroatoms. The number of amides is 1. The van der Waals surface area contributed by atoms with E-state index < -0.39 is 5.97 Å². The van der Waals surface area contributed by atoms with Gasteiger partial charge >= 0.3 is 5.97 Å². The summed E-state index contributed by atoms with van der Waals surface area (Å²) < 4.78 is 0. The SMILES string of the molecule is Cc1[nH]c(C(=O)O)c(C)c1C(=O)N1CC(C)C(N(C)C)C1. The highest BCUT2D eigenvalue weighted by Crippen LogP contribution is 2.25. The molecule has 1 aromatic heterocycles. The molecule has 2 rings (SSSR count). The molecule has 0 spiro atoms. The molecular weight excluding hydrogens is 270 g/mol. The minimum Gasteiger partial charge on any atom is -0.477 e. The van der Waals surface area contributed by atoms with Crippen LogP contribution in [0.15, 0.2) is 0 Å². The maximum atomic E-state index is 12.7. The number of carboxylic acid groups (broad SMARTS) is 1. The number of H-pyrrole nitrogens is 1. The van der Waals surface area contributed by atoms with Crippen LogP contribution < -0.4 is 0 Å². The van der Waals surface area contributed by atoms with Crippen LogP contribution in [0.1, 0.15) is 39.0 Å². The topological polar surface area (TPSA) is 76.6 Å². The Hall–Kier alpha value is -1.82. The minimum atomic E-state index is -1.03. The predicted molar refractivity (Wildman–Crippen MR) is 79.8 cm³/mol. The third kappa shape index (κ3) is 2.68. The standard InChI is InChI=1S/C15H23N3O3/c1-8-6-18(7-11(8)17(4)5)14(19)12-9(2)13(15(20)21)16-10(12)3/h8,11,16H,6-7H2,1-5H3,(H,20,21). The number of aromatic carboxylic acids is 1. The lowest BCUT2D eigenvalue weighted by atomic mass is 10.1. The van der Waals surface area contributed by atoms with E-state index in [9.17, 15) is 9.59 Å². The lowest BCUT2D eigenvalue weighted by Crippen LogP contribution is -2.36. The third-order valence-electron chi connectivity index (χ3n) is 4.39. The number of carbonyl (C=O) groups excluding carboxylic acids is 1. The van der Waals surface area contributed by atoms with E-state index in [1.807, 2.05) is 19.0 Å². The van der Waals surface area contributed by atoms with Crippen molar-refractivity contribution in [2.45, 2.75) is 26.8 Å². The van der Waals surface area contributed by atoms with Crippen LogP contribution in [0.3, 0.4) is 0 Å². The van der Waals surface area contributed by atoms with Gasteiger partial charge in [-0.05, 0) is 39.4 Å². The fraction of sp³-hybridized carbons (Fsp3) is 0.600. The number of likely N-dealkylation sites (tertiary alicyclic amines) is 1. The summed E-state index contributed by atoms with van der Waals surface area (Å²) in [6.07, 6.45) is 0. The molecule has 1 saturated heterocycles. The Morgan fingerprint density at radius 3 is 2.33 bits per heavy atom. The van der Waals surface area contributed by atoms with Crippen molar-refractivity contribution in [3.63, 3.8) is 0 Å². The number of aryl methyl sites for hydroxylation is 1. The van der Waals surface area contributed by atoms with Gasteiger partial charge in [0.2, 0.25) is 0 Å². The van der Waals surface area contributed by atoms with Crippen LogP contribution in [0.5, 0.6) is 0 Å². The molecule has 21 heavy (non-hydrogen) atoms. The Balaban J connectivity index is 2.28. The second kappa shape index (κ2) is 5.52. The number of aromatic nitrogens is 1. The number of carboxylic acids is 1. The Kier molecular flexibility index (Phi) is 4.09. The Morgan fingerprint density at radius 1 is 1.29 bits per heavy atom. The molecule has 6 nitrogen and oxygen atoms in total. The lowest BCUT2D eigenvalue weighted by molar-refractivity contribution is 0.0690. The van der Waals surface area contributed by atoms with E-state index in [0.29, 0.717) is 41.9 Å². The summed E-state index contributed by atoms with van der Waals surface area (Å²) in [5.41, 5.74) is 1.74. The molecule has 2 heterocycles. The zero-order valence-electron chi connectivity index (χ0n) is 13.2. The number of nitrogens with zero attached hydrogens (tertiary/aromatic N) is 2. The quantitative estimate of drug-likeness (QED) is 0.882. The van der Waals surface area contributed by atoms with E-state index in [4.69, 9.17) is 5.11 Å². The zero-order chi connectivity index (χ0) is 15.9. The van der Waals surface area contributed by atoms with Crippen molar-refractivity contribution in [3.8, 4) is 0 Å². The van der Waals surface area contributed by atoms with Crippen molar-refractivity contribution >= 4 is 11.9 Å². The van der Waals surface area contributed by atoms with Gasteiger partial charge in [0.15, 0.2) is 0 Å². The molecule has 0 radical (unpaired) electrons. The van der Waals surface area contributed by atoms with Gasteiger partial charge in [-0.3, -0.25) is 4.79 Å². The molecule has 1 fully saturated rings. The number of hydrogen-bond acceptors (Lipinski definition) is 3. The highest BCUT2D eigenvalue weighted by Gasteiger charge is 2.35. The van der Waals surface area contributed by atoms with E-state index in [-0.39, 0.29) is 11.6 Å². The highest BCUT2D eigenvalue weighted by atomic mass is 16.4.